The van der Waals surface area contributed by atoms with Crippen molar-refractivity contribution in [2.75, 3.05) is 7.11 Å². The minimum absolute atomic E-state index is 0.0688. The van der Waals surface area contributed by atoms with Crippen molar-refractivity contribution in [2.24, 2.45) is 0 Å². The fourth-order valence-corrected chi connectivity index (χ4v) is 3.26. The number of carbonyl (C=O) groups excluding carboxylic acids is 1. The van der Waals surface area contributed by atoms with Gasteiger partial charge >= 0.3 is 5.97 Å². The molecular formula is C17H18FNO4S. The van der Waals surface area contributed by atoms with Crippen LogP contribution in [-0.4, -0.2) is 21.5 Å². The van der Waals surface area contributed by atoms with Gasteiger partial charge in [0.15, 0.2) is 0 Å². The van der Waals surface area contributed by atoms with E-state index in [1.54, 1.807) is 37.3 Å². The van der Waals surface area contributed by atoms with Gasteiger partial charge in [-0.25, -0.2) is 22.3 Å². The molecule has 5 nitrogen and oxygen atoms in total. The smallest absolute Gasteiger partial charge is 0.337 e. The molecule has 2 rings (SSSR count). The summed E-state index contributed by atoms with van der Waals surface area (Å²) in [7, 11) is -2.47. The SMILES string of the molecule is COC(=O)c1ccc(CNS(=O)(=O)C(C)c2ccccc2)c(F)c1. The molecule has 128 valence electrons. The van der Waals surface area contributed by atoms with Gasteiger partial charge in [-0.1, -0.05) is 36.4 Å². The normalized spacial score (nSPS) is 12.6. The summed E-state index contributed by atoms with van der Waals surface area (Å²) < 4.78 is 45.6. The van der Waals surface area contributed by atoms with E-state index in [4.69, 9.17) is 0 Å². The first kappa shape index (κ1) is 18.1. The number of sulfonamides is 1. The monoisotopic (exact) mass is 351 g/mol. The number of methoxy groups -OCH3 is 1. The second kappa shape index (κ2) is 7.55. The molecule has 2 aromatic rings. The van der Waals surface area contributed by atoms with Crippen molar-refractivity contribution in [3.05, 3.63) is 71.0 Å². The van der Waals surface area contributed by atoms with Gasteiger partial charge in [-0.15, -0.1) is 0 Å². The molecule has 0 aliphatic heterocycles. The van der Waals surface area contributed by atoms with Crippen molar-refractivity contribution in [3.63, 3.8) is 0 Å². The Morgan fingerprint density at radius 2 is 1.88 bits per heavy atom. The van der Waals surface area contributed by atoms with Gasteiger partial charge in [-0.05, 0) is 24.6 Å². The van der Waals surface area contributed by atoms with Gasteiger partial charge < -0.3 is 4.74 Å². The van der Waals surface area contributed by atoms with Crippen LogP contribution in [0.2, 0.25) is 0 Å². The maximum absolute atomic E-state index is 14.0. The Morgan fingerprint density at radius 3 is 2.46 bits per heavy atom. The van der Waals surface area contributed by atoms with Crippen molar-refractivity contribution < 1.29 is 22.3 Å². The van der Waals surface area contributed by atoms with Gasteiger partial charge in [0.05, 0.1) is 17.9 Å². The number of halogens is 1. The molecule has 1 N–H and O–H groups in total. The Bertz CT molecular complexity index is 822. The first-order valence-corrected chi connectivity index (χ1v) is 8.80. The minimum Gasteiger partial charge on any atom is -0.465 e. The number of nitrogens with one attached hydrogen (secondary N) is 1. The van der Waals surface area contributed by atoms with Gasteiger partial charge in [0, 0.05) is 12.1 Å². The topological polar surface area (TPSA) is 72.5 Å². The summed E-state index contributed by atoms with van der Waals surface area (Å²) in [5.74, 6) is -1.33. The molecule has 0 bridgehead atoms. The molecule has 1 unspecified atom stereocenters. The number of hydrogen-bond acceptors (Lipinski definition) is 4. The average Bonchev–Trinajstić information content (AvgIpc) is 2.60. The van der Waals surface area contributed by atoms with E-state index in [1.165, 1.54) is 19.2 Å². The number of carbonyl (C=O) groups is 1. The molecule has 0 aliphatic carbocycles. The van der Waals surface area contributed by atoms with Crippen LogP contribution in [0.5, 0.6) is 0 Å². The van der Waals surface area contributed by atoms with Crippen LogP contribution in [0, 0.1) is 5.82 Å². The Morgan fingerprint density at radius 1 is 1.21 bits per heavy atom. The third-order valence-corrected chi connectivity index (χ3v) is 5.42. The molecule has 0 saturated heterocycles. The van der Waals surface area contributed by atoms with Crippen LogP contribution in [0.4, 0.5) is 4.39 Å². The zero-order valence-electron chi connectivity index (χ0n) is 13.3. The van der Waals surface area contributed by atoms with Crippen molar-refractivity contribution >= 4 is 16.0 Å². The summed E-state index contributed by atoms with van der Waals surface area (Å²) >= 11 is 0. The average molecular weight is 351 g/mol. The van der Waals surface area contributed by atoms with Crippen LogP contribution in [0.25, 0.3) is 0 Å². The van der Waals surface area contributed by atoms with E-state index in [2.05, 4.69) is 9.46 Å². The zero-order chi connectivity index (χ0) is 17.7. The predicted octanol–water partition coefficient (Wildman–Crippen LogP) is 2.79. The maximum atomic E-state index is 14.0. The summed E-state index contributed by atoms with van der Waals surface area (Å²) in [6.45, 7) is 1.36. The highest BCUT2D eigenvalue weighted by Crippen LogP contribution is 2.21. The number of benzene rings is 2. The molecule has 0 amide bonds. The summed E-state index contributed by atoms with van der Waals surface area (Å²) in [4.78, 5) is 11.3. The molecule has 7 heteroatoms. The Hall–Kier alpha value is -2.25. The minimum atomic E-state index is -3.67. The van der Waals surface area contributed by atoms with E-state index >= 15 is 0 Å². The molecule has 0 radical (unpaired) electrons. The lowest BCUT2D eigenvalue weighted by Crippen LogP contribution is -2.28. The number of rotatable bonds is 6. The van der Waals surface area contributed by atoms with E-state index in [1.807, 2.05) is 0 Å². The summed E-state index contributed by atoms with van der Waals surface area (Å²) in [6.07, 6.45) is 0. The molecule has 24 heavy (non-hydrogen) atoms. The highest BCUT2D eigenvalue weighted by Gasteiger charge is 2.22. The fraction of sp³-hybridized carbons (Fsp3) is 0.235. The van der Waals surface area contributed by atoms with E-state index in [9.17, 15) is 17.6 Å². The fourth-order valence-electron chi connectivity index (χ4n) is 2.14. The molecule has 0 fully saturated rings. The van der Waals surface area contributed by atoms with Gasteiger partial charge in [-0.2, -0.15) is 0 Å². The van der Waals surface area contributed by atoms with E-state index in [0.717, 1.165) is 6.07 Å². The van der Waals surface area contributed by atoms with Gasteiger partial charge in [-0.3, -0.25) is 0 Å². The molecule has 0 spiro atoms. The van der Waals surface area contributed by atoms with Crippen LogP contribution in [-0.2, 0) is 21.3 Å². The van der Waals surface area contributed by atoms with E-state index < -0.39 is 27.1 Å². The highest BCUT2D eigenvalue weighted by atomic mass is 32.2. The molecule has 2 aromatic carbocycles. The molecule has 0 heterocycles. The zero-order valence-corrected chi connectivity index (χ0v) is 14.1. The van der Waals surface area contributed by atoms with Crippen molar-refractivity contribution in [1.29, 1.82) is 0 Å². The highest BCUT2D eigenvalue weighted by molar-refractivity contribution is 7.89. The van der Waals surface area contributed by atoms with Crippen LogP contribution in [0.3, 0.4) is 0 Å². The second-order valence-electron chi connectivity index (χ2n) is 5.22. The van der Waals surface area contributed by atoms with Gasteiger partial charge in [0.2, 0.25) is 10.0 Å². The number of hydrogen-bond donors (Lipinski definition) is 1. The number of esters is 1. The molecule has 0 saturated carbocycles. The van der Waals surface area contributed by atoms with Crippen LogP contribution < -0.4 is 4.72 Å². The standard InChI is InChI=1S/C17H18FNO4S/c1-12(13-6-4-3-5-7-13)24(21,22)19-11-15-9-8-14(10-16(15)18)17(20)23-2/h3-10,12,19H,11H2,1-2H3. The third-order valence-electron chi connectivity index (χ3n) is 3.67. The third kappa shape index (κ3) is 4.18. The molecule has 0 aromatic heterocycles. The van der Waals surface area contributed by atoms with Crippen molar-refractivity contribution in [2.45, 2.75) is 18.7 Å². The van der Waals surface area contributed by atoms with Crippen molar-refractivity contribution in [3.8, 4) is 0 Å². The first-order valence-electron chi connectivity index (χ1n) is 7.25. The lowest BCUT2D eigenvalue weighted by Gasteiger charge is -2.14. The van der Waals surface area contributed by atoms with Gasteiger partial charge in [0.25, 0.3) is 0 Å². The van der Waals surface area contributed by atoms with Crippen molar-refractivity contribution in [1.82, 2.24) is 4.72 Å². The largest absolute Gasteiger partial charge is 0.465 e. The van der Waals surface area contributed by atoms with E-state index in [-0.39, 0.29) is 17.7 Å². The predicted molar refractivity (Wildman–Crippen MR) is 88.4 cm³/mol. The summed E-state index contributed by atoms with van der Waals surface area (Å²) in [5.41, 5.74) is 0.859. The molecule has 0 aliphatic rings. The Balaban J connectivity index is 2.11. The lowest BCUT2D eigenvalue weighted by atomic mass is 10.1. The number of ether oxygens (including phenoxy) is 1. The maximum Gasteiger partial charge on any atom is 0.337 e. The Kier molecular flexibility index (Phi) is 5.69. The van der Waals surface area contributed by atoms with E-state index in [0.29, 0.717) is 5.56 Å². The molecular weight excluding hydrogens is 333 g/mol. The lowest BCUT2D eigenvalue weighted by molar-refractivity contribution is 0.0600. The summed E-state index contributed by atoms with van der Waals surface area (Å²) in [5, 5.41) is -0.767. The second-order valence-corrected chi connectivity index (χ2v) is 7.30. The quantitative estimate of drug-likeness (QED) is 0.812. The van der Waals surface area contributed by atoms with Crippen LogP contribution >= 0.6 is 0 Å². The van der Waals surface area contributed by atoms with Gasteiger partial charge in [0.1, 0.15) is 5.82 Å². The Labute approximate surface area is 140 Å². The van der Waals surface area contributed by atoms with Crippen LogP contribution in [0.15, 0.2) is 48.5 Å². The first-order chi connectivity index (χ1) is 11.3. The molecule has 1 atom stereocenters. The summed E-state index contributed by atoms with van der Waals surface area (Å²) in [6, 6.07) is 12.5. The van der Waals surface area contributed by atoms with Crippen LogP contribution in [0.1, 0.15) is 33.7 Å².